The van der Waals surface area contributed by atoms with Crippen molar-refractivity contribution in [2.24, 2.45) is 0 Å². The molecule has 0 saturated carbocycles. The van der Waals surface area contributed by atoms with E-state index >= 15 is 0 Å². The number of carbonyl (C=O) groups is 3. The molecule has 2 unspecified atom stereocenters. The minimum absolute atomic E-state index is 0.151. The predicted molar refractivity (Wildman–Crippen MR) is 329 cm³/mol. The van der Waals surface area contributed by atoms with E-state index in [9.17, 15) is 19.5 Å². The molecule has 2 atom stereocenters. The number of hydrogen-bond donors (Lipinski definition) is 0. The molecule has 0 aliphatic rings. The molecule has 0 aliphatic heterocycles. The van der Waals surface area contributed by atoms with Gasteiger partial charge < -0.3 is 33.3 Å². The smallest absolute Gasteiger partial charge is 0.306 e. The van der Waals surface area contributed by atoms with E-state index in [-0.39, 0.29) is 32.2 Å². The van der Waals surface area contributed by atoms with Gasteiger partial charge in [-0.25, -0.2) is 0 Å². The monoisotopic (exact) mass is 1100 g/mol. The van der Waals surface area contributed by atoms with Crippen molar-refractivity contribution in [2.45, 2.75) is 328 Å². The summed E-state index contributed by atoms with van der Waals surface area (Å²) in [6, 6.07) is 0. The highest BCUT2D eigenvalue weighted by atomic mass is 16.7. The van der Waals surface area contributed by atoms with Crippen molar-refractivity contribution in [1.29, 1.82) is 0 Å². The third-order valence-electron chi connectivity index (χ3n) is 14.8. The van der Waals surface area contributed by atoms with Crippen molar-refractivity contribution in [3.05, 3.63) is 48.6 Å². The summed E-state index contributed by atoms with van der Waals surface area (Å²) in [4.78, 5) is 37.3. The number of ether oxygens (including phenoxy) is 4. The second-order valence-corrected chi connectivity index (χ2v) is 23.7. The lowest BCUT2D eigenvalue weighted by molar-refractivity contribution is -0.870. The first-order chi connectivity index (χ1) is 38.1. The number of hydrogen-bond acceptors (Lipinski definition) is 8. The molecule has 0 aromatic rings. The molecule has 78 heavy (non-hydrogen) atoms. The van der Waals surface area contributed by atoms with Gasteiger partial charge in [-0.05, 0) is 51.4 Å². The van der Waals surface area contributed by atoms with Crippen LogP contribution in [-0.2, 0) is 33.3 Å². The molecule has 0 aliphatic carbocycles. The standard InChI is InChI=1S/C69H127NO8/c1-6-8-10-12-14-16-18-20-22-24-25-26-27-28-29-30-31-32-33-34-35-36-37-38-39-40-41-42-43-44-46-48-50-52-54-56-58-60-67(72)78-65(64-77-69(68(73)74)75-62-61-70(3,4)5)63-76-66(71)59-57-55-53-51-49-47-45-23-21-19-17-15-13-11-9-7-2/h8,10,14,16,20,22,25-26,65,69H,6-7,9,11-13,15,17-19,21,23-24,27-64H2,1-5H3/b10-8-,16-14-,22-20-,26-25-. The Kier molecular flexibility index (Phi) is 58.2. The van der Waals surface area contributed by atoms with Crippen LogP contribution in [0.1, 0.15) is 316 Å². The lowest BCUT2D eigenvalue weighted by Gasteiger charge is -2.26. The van der Waals surface area contributed by atoms with Crippen LogP contribution in [-0.4, -0.2) is 82.3 Å². The van der Waals surface area contributed by atoms with Crippen LogP contribution in [0.25, 0.3) is 0 Å². The number of rotatable bonds is 62. The Balaban J connectivity index is 3.98. The maximum Gasteiger partial charge on any atom is 0.306 e. The summed E-state index contributed by atoms with van der Waals surface area (Å²) in [5.41, 5.74) is 0. The number of quaternary nitrogens is 1. The molecular weight excluding hydrogens is 971 g/mol. The molecule has 0 aromatic carbocycles. The molecule has 456 valence electrons. The topological polar surface area (TPSA) is 111 Å². The van der Waals surface area contributed by atoms with Gasteiger partial charge in [-0.1, -0.05) is 300 Å². The van der Waals surface area contributed by atoms with E-state index in [0.29, 0.717) is 17.4 Å². The number of esters is 2. The largest absolute Gasteiger partial charge is 0.545 e. The Morgan fingerprint density at radius 2 is 0.731 bits per heavy atom. The van der Waals surface area contributed by atoms with E-state index in [1.807, 2.05) is 21.1 Å². The maximum absolute atomic E-state index is 12.9. The fourth-order valence-corrected chi connectivity index (χ4v) is 9.77. The van der Waals surface area contributed by atoms with Crippen LogP contribution in [0.15, 0.2) is 48.6 Å². The molecule has 0 fully saturated rings. The summed E-state index contributed by atoms with van der Waals surface area (Å²) in [5.74, 6) is -2.26. The van der Waals surface area contributed by atoms with Crippen molar-refractivity contribution < 1.29 is 42.9 Å². The normalized spacial score (nSPS) is 13.0. The van der Waals surface area contributed by atoms with E-state index in [0.717, 1.165) is 64.2 Å². The van der Waals surface area contributed by atoms with Crippen LogP contribution in [0.2, 0.25) is 0 Å². The van der Waals surface area contributed by atoms with Gasteiger partial charge >= 0.3 is 11.9 Å². The minimum atomic E-state index is -1.62. The van der Waals surface area contributed by atoms with E-state index in [1.54, 1.807) is 0 Å². The van der Waals surface area contributed by atoms with Crippen LogP contribution in [0.4, 0.5) is 0 Å². The fourth-order valence-electron chi connectivity index (χ4n) is 9.77. The number of carbonyl (C=O) groups excluding carboxylic acids is 3. The third-order valence-corrected chi connectivity index (χ3v) is 14.8. The Labute approximate surface area is 482 Å². The van der Waals surface area contributed by atoms with Gasteiger partial charge in [0.25, 0.3) is 0 Å². The van der Waals surface area contributed by atoms with Gasteiger partial charge in [0.15, 0.2) is 12.4 Å². The summed E-state index contributed by atoms with van der Waals surface area (Å²) >= 11 is 0. The number of unbranched alkanes of at least 4 members (excludes halogenated alkanes) is 39. The van der Waals surface area contributed by atoms with Crippen LogP contribution in [0.3, 0.4) is 0 Å². The van der Waals surface area contributed by atoms with Crippen LogP contribution in [0.5, 0.6) is 0 Å². The highest BCUT2D eigenvalue weighted by Crippen LogP contribution is 2.18. The third kappa shape index (κ3) is 60.9. The zero-order valence-electron chi connectivity index (χ0n) is 52.0. The molecular formula is C69H127NO8. The lowest BCUT2D eigenvalue weighted by Crippen LogP contribution is -2.44. The molecule has 0 amide bonds. The Bertz CT molecular complexity index is 1420. The zero-order valence-corrected chi connectivity index (χ0v) is 52.0. The summed E-state index contributed by atoms with van der Waals surface area (Å²) < 4.78 is 22.8. The molecule has 0 radical (unpaired) electrons. The molecule has 0 spiro atoms. The van der Waals surface area contributed by atoms with E-state index < -0.39 is 24.3 Å². The zero-order chi connectivity index (χ0) is 56.9. The molecule has 0 N–H and O–H groups in total. The van der Waals surface area contributed by atoms with Gasteiger partial charge in [0.05, 0.1) is 40.3 Å². The predicted octanol–water partition coefficient (Wildman–Crippen LogP) is 18.9. The first-order valence-corrected chi connectivity index (χ1v) is 33.3. The molecule has 0 aromatic heterocycles. The molecule has 0 saturated heterocycles. The average Bonchev–Trinajstić information content (AvgIpc) is 3.41. The van der Waals surface area contributed by atoms with Gasteiger partial charge in [0.1, 0.15) is 13.2 Å². The number of allylic oxidation sites excluding steroid dienone is 8. The van der Waals surface area contributed by atoms with Gasteiger partial charge in [0, 0.05) is 12.8 Å². The number of carboxylic acid groups (broad SMARTS) is 1. The Hall–Kier alpha value is -2.75. The highest BCUT2D eigenvalue weighted by Gasteiger charge is 2.22. The molecule has 9 heteroatoms. The molecule has 9 nitrogen and oxygen atoms in total. The first-order valence-electron chi connectivity index (χ1n) is 33.3. The van der Waals surface area contributed by atoms with E-state index in [2.05, 4.69) is 62.5 Å². The van der Waals surface area contributed by atoms with Crippen molar-refractivity contribution in [2.75, 3.05) is 47.5 Å². The van der Waals surface area contributed by atoms with Crippen molar-refractivity contribution in [3.8, 4) is 0 Å². The van der Waals surface area contributed by atoms with Crippen molar-refractivity contribution >= 4 is 17.9 Å². The Morgan fingerprint density at radius 3 is 1.09 bits per heavy atom. The summed E-state index contributed by atoms with van der Waals surface area (Å²) in [6.45, 7) is 4.69. The molecule has 0 bridgehead atoms. The van der Waals surface area contributed by atoms with E-state index in [4.69, 9.17) is 18.9 Å². The summed E-state index contributed by atoms with van der Waals surface area (Å²) in [7, 11) is 5.94. The molecule has 0 rings (SSSR count). The van der Waals surface area contributed by atoms with Gasteiger partial charge in [0.2, 0.25) is 0 Å². The van der Waals surface area contributed by atoms with Crippen molar-refractivity contribution in [1.82, 2.24) is 0 Å². The fraction of sp³-hybridized carbons (Fsp3) is 0.841. The number of likely N-dealkylation sites (N-methyl/N-ethyl adjacent to an activating group) is 1. The second kappa shape index (κ2) is 60.3. The highest BCUT2D eigenvalue weighted by molar-refractivity contribution is 5.70. The lowest BCUT2D eigenvalue weighted by atomic mass is 10.0. The quantitative estimate of drug-likeness (QED) is 0.0195. The average molecular weight is 1100 g/mol. The van der Waals surface area contributed by atoms with Gasteiger partial charge in [-0.3, -0.25) is 9.59 Å². The SMILES string of the molecule is CC/C=C\C/C=C\C/C=C\C/C=C\CCCCCCCCCCCCCCCCCCCCCCCCCCC(=O)OC(COC(=O)CCCCCCCCCCCCCCCCCC)COC(OCC[N+](C)(C)C)C(=O)[O-]. The number of nitrogens with zero attached hydrogens (tertiary/aromatic N) is 1. The first kappa shape index (κ1) is 75.2. The Morgan fingerprint density at radius 1 is 0.397 bits per heavy atom. The summed E-state index contributed by atoms with van der Waals surface area (Å²) in [6.07, 6.45) is 73.4. The van der Waals surface area contributed by atoms with Crippen molar-refractivity contribution in [3.63, 3.8) is 0 Å². The van der Waals surface area contributed by atoms with Gasteiger partial charge in [-0.2, -0.15) is 0 Å². The number of aliphatic carboxylic acids is 1. The van der Waals surface area contributed by atoms with Crippen LogP contribution in [0, 0.1) is 0 Å². The van der Waals surface area contributed by atoms with Crippen LogP contribution < -0.4 is 5.11 Å². The number of carboxylic acids is 1. The van der Waals surface area contributed by atoms with Crippen LogP contribution >= 0.6 is 0 Å². The maximum atomic E-state index is 12.9. The molecule has 0 heterocycles. The summed E-state index contributed by atoms with van der Waals surface area (Å²) in [5, 5.41) is 11.8. The van der Waals surface area contributed by atoms with Gasteiger partial charge in [-0.15, -0.1) is 0 Å². The second-order valence-electron chi connectivity index (χ2n) is 23.7. The van der Waals surface area contributed by atoms with E-state index in [1.165, 1.54) is 225 Å². The minimum Gasteiger partial charge on any atom is -0.545 e.